The molecule has 0 aromatic heterocycles. The Morgan fingerprint density at radius 2 is 1.04 bits per heavy atom. The van der Waals surface area contributed by atoms with E-state index in [0.717, 1.165) is 16.7 Å². The van der Waals surface area contributed by atoms with E-state index in [9.17, 15) is 9.59 Å². The third kappa shape index (κ3) is 16.2. The van der Waals surface area contributed by atoms with Crippen molar-refractivity contribution in [3.05, 3.63) is 108 Å². The van der Waals surface area contributed by atoms with E-state index in [1.165, 1.54) is 0 Å². The fourth-order valence-corrected chi connectivity index (χ4v) is 7.33. The number of rotatable bonds is 25. The maximum atomic E-state index is 13.8. The van der Waals surface area contributed by atoms with Crippen molar-refractivity contribution in [3.63, 3.8) is 0 Å². The Labute approximate surface area is 340 Å². The van der Waals surface area contributed by atoms with Crippen LogP contribution in [0.4, 0.5) is 4.79 Å². The van der Waals surface area contributed by atoms with Gasteiger partial charge in [0.15, 0.2) is 0 Å². The molecule has 0 saturated carbocycles. The molecular formula is C45H66N2O8S. The van der Waals surface area contributed by atoms with Gasteiger partial charge >= 0.3 is 6.09 Å². The molecule has 56 heavy (non-hydrogen) atoms. The number of carbonyl (C=O) groups excluding carboxylic acids is 2. The number of amides is 2. The summed E-state index contributed by atoms with van der Waals surface area (Å²) in [4.78, 5) is 26.9. The molecule has 0 aliphatic carbocycles. The van der Waals surface area contributed by atoms with Crippen LogP contribution in [0.2, 0.25) is 0 Å². The minimum absolute atomic E-state index is 0.0580. The topological polar surface area (TPSA) is 114 Å². The van der Waals surface area contributed by atoms with Gasteiger partial charge in [0.1, 0.15) is 11.6 Å². The Balaban J connectivity index is 1.68. The first-order chi connectivity index (χ1) is 26.7. The zero-order valence-electron chi connectivity index (χ0n) is 35.0. The second-order valence-corrected chi connectivity index (χ2v) is 17.1. The Morgan fingerprint density at radius 1 is 0.607 bits per heavy atom. The number of thioether (sulfide) groups is 1. The molecule has 0 aliphatic rings. The van der Waals surface area contributed by atoms with Crippen molar-refractivity contribution < 1.29 is 38.0 Å². The van der Waals surface area contributed by atoms with Crippen molar-refractivity contribution in [3.8, 4) is 0 Å². The number of hydrogen-bond acceptors (Lipinski definition) is 9. The molecule has 2 N–H and O–H groups in total. The normalized spacial score (nSPS) is 12.9. The van der Waals surface area contributed by atoms with Crippen LogP contribution in [0, 0.1) is 5.41 Å². The lowest BCUT2D eigenvalue weighted by atomic mass is 9.84. The summed E-state index contributed by atoms with van der Waals surface area (Å²) in [5.74, 6) is -0.0848. The Morgan fingerprint density at radius 3 is 1.45 bits per heavy atom. The average molecular weight is 795 g/mol. The van der Waals surface area contributed by atoms with Crippen LogP contribution in [0.15, 0.2) is 91.0 Å². The third-order valence-electron chi connectivity index (χ3n) is 8.51. The van der Waals surface area contributed by atoms with E-state index in [1.54, 1.807) is 32.5 Å². The quantitative estimate of drug-likeness (QED) is 0.0651. The van der Waals surface area contributed by atoms with E-state index in [0.29, 0.717) is 39.6 Å². The van der Waals surface area contributed by atoms with Gasteiger partial charge in [0.2, 0.25) is 5.91 Å². The molecule has 310 valence electrons. The first-order valence-electron chi connectivity index (χ1n) is 19.7. The molecule has 0 radical (unpaired) electrons. The highest BCUT2D eigenvalue weighted by Crippen LogP contribution is 2.48. The molecule has 11 heteroatoms. The SMILES string of the molecule is CC(C)OCC(COCCOCCNC(=O)C(CSC(c1ccccc1)(c1ccccc1)c1ccccc1)NC(=O)OC(C)(C)C)(COC(C)C)COC(C)C. The summed E-state index contributed by atoms with van der Waals surface area (Å²) < 4.78 is 35.0. The molecule has 1 unspecified atom stereocenters. The van der Waals surface area contributed by atoms with Crippen LogP contribution in [0.1, 0.15) is 79.0 Å². The van der Waals surface area contributed by atoms with E-state index in [4.69, 9.17) is 28.4 Å². The number of nitrogens with one attached hydrogen (secondary N) is 2. The van der Waals surface area contributed by atoms with Gasteiger partial charge < -0.3 is 39.1 Å². The number of carbonyl (C=O) groups is 2. The molecule has 0 fully saturated rings. The van der Waals surface area contributed by atoms with Crippen molar-refractivity contribution in [1.29, 1.82) is 0 Å². The number of ether oxygens (including phenoxy) is 6. The standard InChI is InChI=1S/C45H66N2O8S/c1-34(2)52-31-44(32-53-35(3)4,33-54-36(5)6)30-51-28-27-50-26-25-46-41(48)40(47-42(49)55-43(7,8)9)29-56-45(37-19-13-10-14-20-37,38-21-15-11-16-22-38)39-23-17-12-18-24-39/h10-24,34-36,40H,25-33H2,1-9H3,(H,46,48)(H,47,49). The van der Waals surface area contributed by atoms with Gasteiger partial charge in [-0.25, -0.2) is 4.79 Å². The van der Waals surface area contributed by atoms with Crippen molar-refractivity contribution in [2.24, 2.45) is 5.41 Å². The largest absolute Gasteiger partial charge is 0.444 e. The summed E-state index contributed by atoms with van der Waals surface area (Å²) in [6, 6.07) is 29.8. The van der Waals surface area contributed by atoms with Crippen molar-refractivity contribution >= 4 is 23.8 Å². The second kappa shape index (κ2) is 23.7. The summed E-state index contributed by atoms with van der Waals surface area (Å²) in [5, 5.41) is 5.81. The fourth-order valence-electron chi connectivity index (χ4n) is 5.77. The molecule has 3 aromatic rings. The molecule has 0 bridgehead atoms. The van der Waals surface area contributed by atoms with Gasteiger partial charge in [0.05, 0.1) is 74.7 Å². The highest BCUT2D eigenvalue weighted by Gasteiger charge is 2.39. The molecule has 3 rings (SSSR count). The van der Waals surface area contributed by atoms with E-state index >= 15 is 0 Å². The molecular weight excluding hydrogens is 729 g/mol. The maximum absolute atomic E-state index is 13.8. The summed E-state index contributed by atoms with van der Waals surface area (Å²) in [7, 11) is 0. The highest BCUT2D eigenvalue weighted by molar-refractivity contribution is 8.00. The summed E-state index contributed by atoms with van der Waals surface area (Å²) in [5.41, 5.74) is 1.96. The monoisotopic (exact) mass is 794 g/mol. The molecule has 1 atom stereocenters. The predicted molar refractivity (Wildman–Crippen MR) is 225 cm³/mol. The lowest BCUT2D eigenvalue weighted by molar-refractivity contribution is -0.133. The minimum atomic E-state index is -0.906. The van der Waals surface area contributed by atoms with Crippen LogP contribution in [0.5, 0.6) is 0 Å². The zero-order valence-corrected chi connectivity index (χ0v) is 35.8. The highest BCUT2D eigenvalue weighted by atomic mass is 32.2. The van der Waals surface area contributed by atoms with Gasteiger partial charge in [-0.1, -0.05) is 91.0 Å². The van der Waals surface area contributed by atoms with E-state index in [2.05, 4.69) is 47.0 Å². The Hall–Kier alpha value is -3.45. The van der Waals surface area contributed by atoms with Gasteiger partial charge in [-0.3, -0.25) is 4.79 Å². The molecule has 3 aromatic carbocycles. The number of alkyl carbamates (subject to hydrolysis) is 1. The predicted octanol–water partition coefficient (Wildman–Crippen LogP) is 8.02. The van der Waals surface area contributed by atoms with Gasteiger partial charge in [-0.15, -0.1) is 11.8 Å². The van der Waals surface area contributed by atoms with Crippen LogP contribution >= 0.6 is 11.8 Å². The van der Waals surface area contributed by atoms with Crippen molar-refractivity contribution in [2.75, 3.05) is 58.5 Å². The number of hydrogen-bond donors (Lipinski definition) is 2. The molecule has 0 saturated heterocycles. The van der Waals surface area contributed by atoms with Crippen LogP contribution in [-0.2, 0) is 38.0 Å². The zero-order chi connectivity index (χ0) is 41.0. The summed E-state index contributed by atoms with van der Waals surface area (Å²) >= 11 is 1.59. The van der Waals surface area contributed by atoms with Gasteiger partial charge in [0.25, 0.3) is 0 Å². The molecule has 0 aliphatic heterocycles. The third-order valence-corrected chi connectivity index (χ3v) is 10.1. The summed E-state index contributed by atoms with van der Waals surface area (Å²) in [6.45, 7) is 20.3. The fraction of sp³-hybridized carbons (Fsp3) is 0.556. The van der Waals surface area contributed by atoms with Crippen LogP contribution in [-0.4, -0.2) is 101 Å². The first kappa shape index (κ1) is 46.9. The Bertz CT molecular complexity index is 1410. The number of benzene rings is 3. The summed E-state index contributed by atoms with van der Waals surface area (Å²) in [6.07, 6.45) is -0.489. The smallest absolute Gasteiger partial charge is 0.408 e. The lowest BCUT2D eigenvalue weighted by Gasteiger charge is -2.36. The lowest BCUT2D eigenvalue weighted by Crippen LogP contribution is -2.50. The van der Waals surface area contributed by atoms with E-state index < -0.39 is 27.9 Å². The maximum Gasteiger partial charge on any atom is 0.408 e. The Kier molecular flexibility index (Phi) is 19.9. The van der Waals surface area contributed by atoms with Crippen molar-refractivity contribution in [2.45, 2.75) is 97.0 Å². The van der Waals surface area contributed by atoms with Crippen molar-refractivity contribution in [1.82, 2.24) is 10.6 Å². The van der Waals surface area contributed by atoms with Crippen LogP contribution in [0.3, 0.4) is 0 Å². The molecule has 0 heterocycles. The molecule has 0 spiro atoms. The van der Waals surface area contributed by atoms with E-state index in [1.807, 2.05) is 96.1 Å². The average Bonchev–Trinajstić information content (AvgIpc) is 3.16. The second-order valence-electron chi connectivity index (χ2n) is 15.8. The van der Waals surface area contributed by atoms with Crippen LogP contribution < -0.4 is 10.6 Å². The van der Waals surface area contributed by atoms with Gasteiger partial charge in [-0.2, -0.15) is 0 Å². The van der Waals surface area contributed by atoms with Gasteiger partial charge in [0, 0.05) is 12.3 Å². The minimum Gasteiger partial charge on any atom is -0.444 e. The van der Waals surface area contributed by atoms with E-state index in [-0.39, 0.29) is 43.1 Å². The van der Waals surface area contributed by atoms with Gasteiger partial charge in [-0.05, 0) is 79.0 Å². The molecule has 10 nitrogen and oxygen atoms in total. The first-order valence-corrected chi connectivity index (χ1v) is 20.7. The molecule has 2 amide bonds. The van der Waals surface area contributed by atoms with Crippen LogP contribution in [0.25, 0.3) is 0 Å².